The third kappa shape index (κ3) is 3.29. The quantitative estimate of drug-likeness (QED) is 0.903. The summed E-state index contributed by atoms with van der Waals surface area (Å²) in [5.74, 6) is 0.280. The SMILES string of the molecule is CCc1nn(CC)c(CC2(O)CCC(C)(C)CC2C)c1Cl. The van der Waals surface area contributed by atoms with Crippen molar-refractivity contribution in [3.8, 4) is 0 Å². The molecule has 1 aliphatic rings. The Labute approximate surface area is 133 Å². The van der Waals surface area contributed by atoms with Crippen LogP contribution in [0, 0.1) is 11.3 Å². The normalized spacial score (nSPS) is 28.8. The Morgan fingerprint density at radius 1 is 1.33 bits per heavy atom. The maximum absolute atomic E-state index is 11.2. The molecular weight excluding hydrogens is 284 g/mol. The molecule has 0 radical (unpaired) electrons. The summed E-state index contributed by atoms with van der Waals surface area (Å²) in [7, 11) is 0. The summed E-state index contributed by atoms with van der Waals surface area (Å²) in [6, 6.07) is 0. The number of aryl methyl sites for hydroxylation is 2. The minimum atomic E-state index is -0.656. The average Bonchev–Trinajstić information content (AvgIpc) is 2.71. The van der Waals surface area contributed by atoms with E-state index in [1.54, 1.807) is 0 Å². The molecule has 0 bridgehead atoms. The van der Waals surface area contributed by atoms with Crippen LogP contribution in [0.2, 0.25) is 5.02 Å². The molecule has 0 aromatic carbocycles. The molecule has 120 valence electrons. The van der Waals surface area contributed by atoms with E-state index < -0.39 is 5.60 Å². The number of hydrogen-bond acceptors (Lipinski definition) is 2. The molecule has 0 aliphatic heterocycles. The second-order valence-corrected chi connectivity index (χ2v) is 7.80. The van der Waals surface area contributed by atoms with Crippen molar-refractivity contribution in [2.24, 2.45) is 11.3 Å². The smallest absolute Gasteiger partial charge is 0.0850 e. The van der Waals surface area contributed by atoms with Crippen molar-refractivity contribution >= 4 is 11.6 Å². The lowest BCUT2D eigenvalue weighted by atomic mass is 9.64. The first kappa shape index (κ1) is 16.8. The predicted octanol–water partition coefficient (Wildman–Crippen LogP) is 4.24. The highest BCUT2D eigenvalue weighted by Crippen LogP contribution is 2.45. The second kappa shape index (κ2) is 5.92. The minimum absolute atomic E-state index is 0.280. The van der Waals surface area contributed by atoms with Crippen molar-refractivity contribution in [2.45, 2.75) is 78.9 Å². The Hall–Kier alpha value is -0.540. The Kier molecular flexibility index (Phi) is 4.75. The Morgan fingerprint density at radius 2 is 2.00 bits per heavy atom. The molecule has 0 spiro atoms. The van der Waals surface area contributed by atoms with Gasteiger partial charge in [0.2, 0.25) is 0 Å². The van der Waals surface area contributed by atoms with E-state index in [0.717, 1.165) is 48.6 Å². The second-order valence-electron chi connectivity index (χ2n) is 7.43. The van der Waals surface area contributed by atoms with Crippen LogP contribution in [0.25, 0.3) is 0 Å². The van der Waals surface area contributed by atoms with Crippen LogP contribution in [-0.2, 0) is 19.4 Å². The van der Waals surface area contributed by atoms with Crippen molar-refractivity contribution in [1.82, 2.24) is 9.78 Å². The number of halogens is 1. The van der Waals surface area contributed by atoms with E-state index in [-0.39, 0.29) is 5.92 Å². The lowest BCUT2D eigenvalue weighted by Crippen LogP contribution is -2.46. The molecular formula is C17H29ClN2O. The first-order valence-electron chi connectivity index (χ1n) is 8.19. The molecule has 1 saturated carbocycles. The molecule has 2 unspecified atom stereocenters. The van der Waals surface area contributed by atoms with Crippen LogP contribution >= 0.6 is 11.6 Å². The van der Waals surface area contributed by atoms with E-state index in [1.165, 1.54) is 0 Å². The predicted molar refractivity (Wildman–Crippen MR) is 87.7 cm³/mol. The summed E-state index contributed by atoms with van der Waals surface area (Å²) in [6.07, 6.45) is 4.41. The van der Waals surface area contributed by atoms with Gasteiger partial charge in [0.1, 0.15) is 0 Å². The van der Waals surface area contributed by atoms with Crippen LogP contribution in [0.5, 0.6) is 0 Å². The van der Waals surface area contributed by atoms with Crippen molar-refractivity contribution in [2.75, 3.05) is 0 Å². The highest BCUT2D eigenvalue weighted by Gasteiger charge is 2.43. The van der Waals surface area contributed by atoms with Crippen molar-refractivity contribution in [3.63, 3.8) is 0 Å². The third-order valence-electron chi connectivity index (χ3n) is 5.18. The van der Waals surface area contributed by atoms with E-state index in [2.05, 4.69) is 39.7 Å². The van der Waals surface area contributed by atoms with E-state index in [1.807, 2.05) is 4.68 Å². The third-order valence-corrected chi connectivity index (χ3v) is 5.61. The standard InChI is InChI=1S/C17H29ClN2O/c1-6-13-15(18)14(20(7-2)19-13)11-17(21)9-8-16(4,5)10-12(17)3/h12,21H,6-11H2,1-5H3. The molecule has 0 amide bonds. The number of rotatable bonds is 4. The molecule has 1 aromatic heterocycles. The van der Waals surface area contributed by atoms with Crippen LogP contribution in [0.1, 0.15) is 65.3 Å². The molecule has 2 atom stereocenters. The number of aromatic nitrogens is 2. The molecule has 3 nitrogen and oxygen atoms in total. The fourth-order valence-electron chi connectivity index (χ4n) is 3.66. The Morgan fingerprint density at radius 3 is 2.52 bits per heavy atom. The van der Waals surface area contributed by atoms with Gasteiger partial charge in [-0.15, -0.1) is 0 Å². The molecule has 1 aliphatic carbocycles. The van der Waals surface area contributed by atoms with Gasteiger partial charge in [0, 0.05) is 13.0 Å². The maximum atomic E-state index is 11.2. The fraction of sp³-hybridized carbons (Fsp3) is 0.824. The molecule has 4 heteroatoms. The highest BCUT2D eigenvalue weighted by atomic mass is 35.5. The van der Waals surface area contributed by atoms with E-state index >= 15 is 0 Å². The summed E-state index contributed by atoms with van der Waals surface area (Å²) >= 11 is 6.50. The van der Waals surface area contributed by atoms with Gasteiger partial charge in [0.15, 0.2) is 0 Å². The molecule has 21 heavy (non-hydrogen) atoms. The highest BCUT2D eigenvalue weighted by molar-refractivity contribution is 6.31. The van der Waals surface area contributed by atoms with Gasteiger partial charge >= 0.3 is 0 Å². The summed E-state index contributed by atoms with van der Waals surface area (Å²) in [6.45, 7) is 11.7. The van der Waals surface area contributed by atoms with E-state index in [9.17, 15) is 5.11 Å². The summed E-state index contributed by atoms with van der Waals surface area (Å²) < 4.78 is 1.96. The zero-order valence-electron chi connectivity index (χ0n) is 14.0. The van der Waals surface area contributed by atoms with E-state index in [0.29, 0.717) is 11.8 Å². The van der Waals surface area contributed by atoms with Gasteiger partial charge in [-0.25, -0.2) is 0 Å². The fourth-order valence-corrected chi connectivity index (χ4v) is 4.00. The van der Waals surface area contributed by atoms with Crippen LogP contribution in [0.3, 0.4) is 0 Å². The lowest BCUT2D eigenvalue weighted by Gasteiger charge is -2.45. The van der Waals surface area contributed by atoms with Gasteiger partial charge in [-0.3, -0.25) is 4.68 Å². The zero-order chi connectivity index (χ0) is 15.8. The number of hydrogen-bond donors (Lipinski definition) is 1. The summed E-state index contributed by atoms with van der Waals surface area (Å²) in [5, 5.41) is 16.5. The minimum Gasteiger partial charge on any atom is -0.389 e. The van der Waals surface area contributed by atoms with Crippen molar-refractivity contribution in [1.29, 1.82) is 0 Å². The van der Waals surface area contributed by atoms with Crippen LogP contribution in [-0.4, -0.2) is 20.5 Å². The van der Waals surface area contributed by atoms with Gasteiger partial charge in [0.05, 0.1) is 22.0 Å². The molecule has 2 rings (SSSR count). The lowest BCUT2D eigenvalue weighted by molar-refractivity contribution is -0.0715. The monoisotopic (exact) mass is 312 g/mol. The number of nitrogens with zero attached hydrogens (tertiary/aromatic N) is 2. The molecule has 0 saturated heterocycles. The Bertz CT molecular complexity index is 509. The largest absolute Gasteiger partial charge is 0.389 e. The van der Waals surface area contributed by atoms with Gasteiger partial charge < -0.3 is 5.11 Å². The van der Waals surface area contributed by atoms with Gasteiger partial charge in [-0.05, 0) is 43.9 Å². The Balaban J connectivity index is 2.27. The van der Waals surface area contributed by atoms with Gasteiger partial charge in [0.25, 0.3) is 0 Å². The van der Waals surface area contributed by atoms with Crippen LogP contribution in [0.15, 0.2) is 0 Å². The van der Waals surface area contributed by atoms with E-state index in [4.69, 9.17) is 11.6 Å². The molecule has 1 fully saturated rings. The van der Waals surface area contributed by atoms with Gasteiger partial charge in [-0.2, -0.15) is 5.10 Å². The average molecular weight is 313 g/mol. The van der Waals surface area contributed by atoms with Crippen LogP contribution in [0.4, 0.5) is 0 Å². The number of aliphatic hydroxyl groups is 1. The molecule has 1 heterocycles. The molecule has 1 N–H and O–H groups in total. The maximum Gasteiger partial charge on any atom is 0.0850 e. The van der Waals surface area contributed by atoms with Crippen molar-refractivity contribution < 1.29 is 5.11 Å². The summed E-state index contributed by atoms with van der Waals surface area (Å²) in [5.41, 5.74) is 1.62. The molecule has 1 aromatic rings. The summed E-state index contributed by atoms with van der Waals surface area (Å²) in [4.78, 5) is 0. The van der Waals surface area contributed by atoms with Gasteiger partial charge in [-0.1, -0.05) is 39.3 Å². The van der Waals surface area contributed by atoms with Crippen LogP contribution < -0.4 is 0 Å². The van der Waals surface area contributed by atoms with Crippen molar-refractivity contribution in [3.05, 3.63) is 16.4 Å². The zero-order valence-corrected chi connectivity index (χ0v) is 14.8. The first-order chi connectivity index (χ1) is 9.72. The first-order valence-corrected chi connectivity index (χ1v) is 8.56. The topological polar surface area (TPSA) is 38.0 Å².